The quantitative estimate of drug-likeness (QED) is 0.814. The van der Waals surface area contributed by atoms with E-state index in [2.05, 4.69) is 38.8 Å². The molecule has 0 bridgehead atoms. The molecule has 0 saturated carbocycles. The number of rotatable bonds is 4. The molecule has 3 fully saturated rings. The highest BCUT2D eigenvalue weighted by molar-refractivity contribution is 6.00. The molecule has 148 valence electrons. The lowest BCUT2D eigenvalue weighted by molar-refractivity contribution is 0.0610. The molecule has 0 N–H and O–H groups in total. The molecule has 3 saturated heterocycles. The number of anilines is 1. The maximum Gasteiger partial charge on any atom is 0.255 e. The Morgan fingerprint density at radius 2 is 1.70 bits per heavy atom. The van der Waals surface area contributed by atoms with E-state index in [9.17, 15) is 4.79 Å². The average molecular weight is 371 g/mol. The summed E-state index contributed by atoms with van der Waals surface area (Å²) in [4.78, 5) is 22.8. The largest absolute Gasteiger partial charge is 0.371 e. The molecule has 3 aliphatic rings. The van der Waals surface area contributed by atoms with Crippen LogP contribution in [0.2, 0.25) is 0 Å². The van der Waals surface area contributed by atoms with Crippen molar-refractivity contribution in [1.29, 1.82) is 0 Å². The Balaban J connectivity index is 1.40. The zero-order valence-electron chi connectivity index (χ0n) is 16.8. The molecule has 3 aliphatic heterocycles. The van der Waals surface area contributed by atoms with E-state index in [1.54, 1.807) is 0 Å². The van der Waals surface area contributed by atoms with E-state index in [4.69, 9.17) is 0 Å². The van der Waals surface area contributed by atoms with Crippen LogP contribution >= 0.6 is 0 Å². The highest BCUT2D eigenvalue weighted by Crippen LogP contribution is 2.27. The van der Waals surface area contributed by atoms with Gasteiger partial charge in [0.1, 0.15) is 0 Å². The van der Waals surface area contributed by atoms with E-state index in [1.165, 1.54) is 45.4 Å². The van der Waals surface area contributed by atoms with E-state index in [0.717, 1.165) is 50.4 Å². The Hall–Kier alpha value is -1.59. The van der Waals surface area contributed by atoms with Crippen LogP contribution in [0.4, 0.5) is 5.69 Å². The molecule has 3 heterocycles. The van der Waals surface area contributed by atoms with Crippen molar-refractivity contribution >= 4 is 11.6 Å². The summed E-state index contributed by atoms with van der Waals surface area (Å²) in [5.74, 6) is 0.852. The fourth-order valence-corrected chi connectivity index (χ4v) is 4.85. The van der Waals surface area contributed by atoms with Crippen LogP contribution in [0.15, 0.2) is 24.3 Å². The second kappa shape index (κ2) is 8.61. The molecule has 1 amide bonds. The molecule has 0 aromatic heterocycles. The van der Waals surface area contributed by atoms with Crippen molar-refractivity contribution in [3.05, 3.63) is 29.8 Å². The lowest BCUT2D eigenvalue weighted by Crippen LogP contribution is -2.49. The Kier molecular flexibility index (Phi) is 5.98. The van der Waals surface area contributed by atoms with E-state index >= 15 is 0 Å². The molecule has 4 rings (SSSR count). The predicted molar refractivity (Wildman–Crippen MR) is 110 cm³/mol. The molecule has 1 aromatic carbocycles. The van der Waals surface area contributed by atoms with Gasteiger partial charge >= 0.3 is 0 Å². The number of hydrogen-bond donors (Lipinski definition) is 0. The summed E-state index contributed by atoms with van der Waals surface area (Å²) in [6.07, 6.45) is 4.86. The van der Waals surface area contributed by atoms with Gasteiger partial charge in [0.15, 0.2) is 0 Å². The Bertz CT molecular complexity index is 635. The van der Waals surface area contributed by atoms with Gasteiger partial charge in [-0.15, -0.1) is 0 Å². The summed E-state index contributed by atoms with van der Waals surface area (Å²) < 4.78 is 0. The minimum absolute atomic E-state index is 0.237. The number of amides is 1. The van der Waals surface area contributed by atoms with Crippen LogP contribution in [0.25, 0.3) is 0 Å². The SMILES string of the molecule is CN1CCN(C[C@H]2CCCN(C(=O)c3ccccc3N3CCCC3)C2)CC1. The molecule has 0 unspecified atom stereocenters. The highest BCUT2D eigenvalue weighted by Gasteiger charge is 2.28. The zero-order valence-corrected chi connectivity index (χ0v) is 16.8. The van der Waals surface area contributed by atoms with Gasteiger partial charge in [0.05, 0.1) is 5.56 Å². The Morgan fingerprint density at radius 3 is 2.48 bits per heavy atom. The van der Waals surface area contributed by atoms with Gasteiger partial charge in [-0.05, 0) is 50.8 Å². The first-order valence-corrected chi connectivity index (χ1v) is 10.7. The maximum atomic E-state index is 13.3. The number of likely N-dealkylation sites (tertiary alicyclic amines) is 1. The van der Waals surface area contributed by atoms with E-state index in [-0.39, 0.29) is 5.91 Å². The van der Waals surface area contributed by atoms with Gasteiger partial charge in [-0.3, -0.25) is 4.79 Å². The van der Waals surface area contributed by atoms with Crippen LogP contribution in [0, 0.1) is 5.92 Å². The standard InChI is InChI=1S/C22H34N4O/c1-23-13-15-24(16-14-23)17-19-7-6-12-26(18-19)22(27)20-8-2-3-9-21(20)25-10-4-5-11-25/h2-3,8-9,19H,4-7,10-18H2,1H3/t19-/m1/s1. The van der Waals surface area contributed by atoms with Crippen LogP contribution < -0.4 is 4.90 Å². The van der Waals surface area contributed by atoms with Crippen molar-refractivity contribution in [2.45, 2.75) is 25.7 Å². The number of likely N-dealkylation sites (N-methyl/N-ethyl adjacent to an activating group) is 1. The summed E-state index contributed by atoms with van der Waals surface area (Å²) in [5.41, 5.74) is 2.04. The van der Waals surface area contributed by atoms with Crippen LogP contribution in [0.3, 0.4) is 0 Å². The summed E-state index contributed by atoms with van der Waals surface area (Å²) in [6.45, 7) is 9.79. The van der Waals surface area contributed by atoms with Gasteiger partial charge in [-0.2, -0.15) is 0 Å². The van der Waals surface area contributed by atoms with Gasteiger partial charge in [-0.1, -0.05) is 12.1 Å². The summed E-state index contributed by atoms with van der Waals surface area (Å²) in [6, 6.07) is 8.24. The predicted octanol–water partition coefficient (Wildman–Crippen LogP) is 2.39. The van der Waals surface area contributed by atoms with Gasteiger partial charge < -0.3 is 19.6 Å². The van der Waals surface area contributed by atoms with Gasteiger partial charge in [0.2, 0.25) is 0 Å². The van der Waals surface area contributed by atoms with Gasteiger partial charge in [-0.25, -0.2) is 0 Å². The monoisotopic (exact) mass is 370 g/mol. The fourth-order valence-electron chi connectivity index (χ4n) is 4.85. The second-order valence-electron chi connectivity index (χ2n) is 8.57. The third kappa shape index (κ3) is 4.46. The third-order valence-electron chi connectivity index (χ3n) is 6.50. The minimum Gasteiger partial charge on any atom is -0.371 e. The number of para-hydroxylation sites is 1. The highest BCUT2D eigenvalue weighted by atomic mass is 16.2. The average Bonchev–Trinajstić information content (AvgIpc) is 3.24. The first-order valence-electron chi connectivity index (χ1n) is 10.7. The fraction of sp³-hybridized carbons (Fsp3) is 0.682. The van der Waals surface area contributed by atoms with Crippen molar-refractivity contribution in [2.75, 3.05) is 70.9 Å². The maximum absolute atomic E-state index is 13.3. The molecule has 27 heavy (non-hydrogen) atoms. The summed E-state index contributed by atoms with van der Waals surface area (Å²) in [5, 5.41) is 0. The van der Waals surface area contributed by atoms with E-state index < -0.39 is 0 Å². The third-order valence-corrected chi connectivity index (χ3v) is 6.50. The second-order valence-corrected chi connectivity index (χ2v) is 8.57. The first kappa shape index (κ1) is 18.8. The van der Waals surface area contributed by atoms with Gasteiger partial charge in [0, 0.05) is 64.6 Å². The van der Waals surface area contributed by atoms with Crippen molar-refractivity contribution < 1.29 is 4.79 Å². The molecule has 0 spiro atoms. The molecular weight excluding hydrogens is 336 g/mol. The number of piperidine rings is 1. The number of piperazine rings is 1. The molecule has 1 aromatic rings. The molecule has 5 heteroatoms. The lowest BCUT2D eigenvalue weighted by atomic mass is 9.96. The number of nitrogens with zero attached hydrogens (tertiary/aromatic N) is 4. The molecule has 0 aliphatic carbocycles. The van der Waals surface area contributed by atoms with Crippen LogP contribution in [0.5, 0.6) is 0 Å². The summed E-state index contributed by atoms with van der Waals surface area (Å²) >= 11 is 0. The molecular formula is C22H34N4O. The zero-order chi connectivity index (χ0) is 18.6. The molecule has 0 radical (unpaired) electrons. The van der Waals surface area contributed by atoms with Crippen LogP contribution in [0.1, 0.15) is 36.0 Å². The minimum atomic E-state index is 0.237. The smallest absolute Gasteiger partial charge is 0.255 e. The van der Waals surface area contributed by atoms with E-state index in [0.29, 0.717) is 5.92 Å². The Morgan fingerprint density at radius 1 is 0.963 bits per heavy atom. The number of carbonyl (C=O) groups is 1. The number of carbonyl (C=O) groups excluding carboxylic acids is 1. The number of benzene rings is 1. The van der Waals surface area contributed by atoms with Crippen LogP contribution in [-0.4, -0.2) is 86.6 Å². The molecule has 1 atom stereocenters. The van der Waals surface area contributed by atoms with Crippen molar-refractivity contribution in [1.82, 2.24) is 14.7 Å². The lowest BCUT2D eigenvalue weighted by Gasteiger charge is -2.38. The topological polar surface area (TPSA) is 30.0 Å². The first-order chi connectivity index (χ1) is 13.2. The summed E-state index contributed by atoms with van der Waals surface area (Å²) in [7, 11) is 2.20. The van der Waals surface area contributed by atoms with Crippen molar-refractivity contribution in [3.63, 3.8) is 0 Å². The number of hydrogen-bond acceptors (Lipinski definition) is 4. The Labute approximate surface area is 163 Å². The van der Waals surface area contributed by atoms with E-state index in [1.807, 2.05) is 12.1 Å². The van der Waals surface area contributed by atoms with Crippen molar-refractivity contribution in [2.24, 2.45) is 5.92 Å². The van der Waals surface area contributed by atoms with Crippen molar-refractivity contribution in [3.8, 4) is 0 Å². The van der Waals surface area contributed by atoms with Gasteiger partial charge in [0.25, 0.3) is 5.91 Å². The normalized spacial score (nSPS) is 25.1. The molecule has 5 nitrogen and oxygen atoms in total. The van der Waals surface area contributed by atoms with Crippen LogP contribution in [-0.2, 0) is 0 Å².